The van der Waals surface area contributed by atoms with Crippen molar-refractivity contribution in [1.29, 1.82) is 0 Å². The number of hydrogen-bond acceptors (Lipinski definition) is 4. The van der Waals surface area contributed by atoms with E-state index in [2.05, 4.69) is 89.2 Å². The molecule has 0 saturated carbocycles. The van der Waals surface area contributed by atoms with E-state index in [1.54, 1.807) is 5.56 Å². The first kappa shape index (κ1) is 38.0. The second-order valence-electron chi connectivity index (χ2n) is 14.7. The number of aryl methyl sites for hydroxylation is 1. The van der Waals surface area contributed by atoms with Gasteiger partial charge in [0.25, 0.3) is 0 Å². The SMILES string of the molecule is CCC(CC)C(=O)/C=C(\O)C(CC)CC.Cc1cc2c(c3sc4c(-c5[c-]cc6ccccc6c5)nccc4c13)C(C)(C)CCC2(C)C.[Ir]. The van der Waals surface area contributed by atoms with Crippen LogP contribution in [0.15, 0.2) is 66.6 Å². The molecule has 3 nitrogen and oxygen atoms in total. The molecule has 0 bridgehead atoms. The van der Waals surface area contributed by atoms with Gasteiger partial charge in [0, 0.05) is 64.7 Å². The number of allylic oxidation sites excluding steroid dienone is 2. The number of aliphatic hydroxyl groups is 1. The molecular formula is C43H52IrNO2S-. The zero-order valence-corrected chi connectivity index (χ0v) is 33.4. The number of benzene rings is 3. The molecule has 0 fully saturated rings. The largest absolute Gasteiger partial charge is 0.512 e. The number of rotatable bonds is 8. The molecule has 1 aliphatic rings. The molecule has 1 N–H and O–H groups in total. The van der Waals surface area contributed by atoms with Gasteiger partial charge in [-0.3, -0.25) is 4.79 Å². The van der Waals surface area contributed by atoms with Crippen molar-refractivity contribution >= 4 is 48.1 Å². The standard InChI is InChI=1S/C30H28NS.C13H24O2.Ir/c1-18-16-23-25(30(4,5)14-13-29(23,2)3)28-24(18)22-12-15-31-26(27(22)32-28)21-11-10-19-8-6-7-9-20(19)17-21;1-5-10(6-2)12(14)9-13(15)11(7-3)8-4;/h6-10,12,15-17H,13-14H2,1-5H3;9-11,14H,5-8H2,1-4H3;/q-1;;/b;12-9-;. The van der Waals surface area contributed by atoms with Crippen LogP contribution in [0.3, 0.4) is 0 Å². The Morgan fingerprint density at radius 1 is 0.917 bits per heavy atom. The fourth-order valence-corrected chi connectivity index (χ4v) is 9.00. The maximum atomic E-state index is 11.7. The van der Waals surface area contributed by atoms with Crippen molar-refractivity contribution in [3.63, 3.8) is 0 Å². The third kappa shape index (κ3) is 7.35. The fourth-order valence-electron chi connectivity index (χ4n) is 7.40. The molecule has 2 aromatic heterocycles. The minimum atomic E-state index is 0. The van der Waals surface area contributed by atoms with Gasteiger partial charge in [-0.25, -0.2) is 0 Å². The van der Waals surface area contributed by atoms with E-state index in [4.69, 9.17) is 4.98 Å². The minimum absolute atomic E-state index is 0. The number of nitrogens with zero attached hydrogens (tertiary/aromatic N) is 1. The van der Waals surface area contributed by atoms with Crippen LogP contribution in [0, 0.1) is 24.8 Å². The molecule has 48 heavy (non-hydrogen) atoms. The van der Waals surface area contributed by atoms with E-state index in [-0.39, 0.29) is 54.3 Å². The Kier molecular flexibility index (Phi) is 12.1. The summed E-state index contributed by atoms with van der Waals surface area (Å²) < 4.78 is 2.74. The Morgan fingerprint density at radius 2 is 1.54 bits per heavy atom. The van der Waals surface area contributed by atoms with Gasteiger partial charge in [-0.1, -0.05) is 91.1 Å². The number of fused-ring (bicyclic) bond motifs is 6. The molecule has 0 spiro atoms. The molecule has 1 radical (unpaired) electrons. The van der Waals surface area contributed by atoms with Crippen LogP contribution in [0.1, 0.15) is 111 Å². The topological polar surface area (TPSA) is 50.2 Å². The number of aliphatic hydroxyl groups excluding tert-OH is 1. The number of hydrogen-bond donors (Lipinski definition) is 1. The molecule has 0 unspecified atom stereocenters. The summed E-state index contributed by atoms with van der Waals surface area (Å²) in [7, 11) is 0. The van der Waals surface area contributed by atoms with Crippen molar-refractivity contribution in [3.05, 3.63) is 89.3 Å². The Labute approximate surface area is 305 Å². The third-order valence-corrected chi connectivity index (χ3v) is 11.9. The van der Waals surface area contributed by atoms with Gasteiger partial charge >= 0.3 is 0 Å². The average molecular weight is 839 g/mol. The number of pyridine rings is 1. The van der Waals surface area contributed by atoms with Crippen LogP contribution in [0.25, 0.3) is 42.2 Å². The van der Waals surface area contributed by atoms with Crippen LogP contribution in [0.4, 0.5) is 0 Å². The van der Waals surface area contributed by atoms with Gasteiger partial charge in [0.05, 0.1) is 5.76 Å². The predicted octanol–water partition coefficient (Wildman–Crippen LogP) is 12.6. The first-order valence-corrected chi connectivity index (χ1v) is 18.4. The molecular weight excluding hydrogens is 787 g/mol. The van der Waals surface area contributed by atoms with Gasteiger partial charge < -0.3 is 10.1 Å². The summed E-state index contributed by atoms with van der Waals surface area (Å²) in [5.41, 5.74) is 7.01. The van der Waals surface area contributed by atoms with Gasteiger partial charge in [-0.15, -0.1) is 40.5 Å². The Hall–Kier alpha value is -2.85. The number of carbonyl (C=O) groups is 1. The molecule has 3 aromatic carbocycles. The number of carbonyl (C=O) groups excluding carboxylic acids is 1. The van der Waals surface area contributed by atoms with Crippen molar-refractivity contribution in [2.45, 2.75) is 112 Å². The van der Waals surface area contributed by atoms with E-state index in [0.717, 1.165) is 36.9 Å². The summed E-state index contributed by atoms with van der Waals surface area (Å²) in [5.74, 6) is 0.547. The summed E-state index contributed by atoms with van der Waals surface area (Å²) in [5, 5.41) is 15.0. The van der Waals surface area contributed by atoms with Gasteiger partial charge in [-0.05, 0) is 84.4 Å². The van der Waals surface area contributed by atoms with Crippen molar-refractivity contribution in [2.75, 3.05) is 0 Å². The van der Waals surface area contributed by atoms with E-state index < -0.39 is 0 Å². The third-order valence-electron chi connectivity index (χ3n) is 10.7. The van der Waals surface area contributed by atoms with Gasteiger partial charge in [0.15, 0.2) is 5.78 Å². The first-order valence-electron chi connectivity index (χ1n) is 17.6. The zero-order chi connectivity index (χ0) is 34.1. The Balaban J connectivity index is 0.000000279. The molecule has 257 valence electrons. The summed E-state index contributed by atoms with van der Waals surface area (Å²) >= 11 is 1.94. The van der Waals surface area contributed by atoms with Crippen molar-refractivity contribution < 1.29 is 30.0 Å². The van der Waals surface area contributed by atoms with E-state index >= 15 is 0 Å². The first-order chi connectivity index (χ1) is 22.4. The molecule has 5 heteroatoms. The maximum absolute atomic E-state index is 11.7. The van der Waals surface area contributed by atoms with E-state index in [0.29, 0.717) is 0 Å². The van der Waals surface area contributed by atoms with Crippen LogP contribution in [-0.2, 0) is 35.7 Å². The minimum Gasteiger partial charge on any atom is -0.512 e. The average Bonchev–Trinajstić information content (AvgIpc) is 3.45. The van der Waals surface area contributed by atoms with Gasteiger partial charge in [0.1, 0.15) is 0 Å². The quantitative estimate of drug-likeness (QED) is 0.0962. The van der Waals surface area contributed by atoms with Gasteiger partial charge in [-0.2, -0.15) is 0 Å². The number of aromatic nitrogens is 1. The summed E-state index contributed by atoms with van der Waals surface area (Å²) in [6.45, 7) is 20.0. The zero-order valence-electron chi connectivity index (χ0n) is 30.2. The summed E-state index contributed by atoms with van der Waals surface area (Å²) in [4.78, 5) is 16.6. The van der Waals surface area contributed by atoms with Gasteiger partial charge in [0.2, 0.25) is 0 Å². The molecule has 6 rings (SSSR count). The van der Waals surface area contributed by atoms with Crippen LogP contribution in [0.5, 0.6) is 0 Å². The van der Waals surface area contributed by atoms with Crippen LogP contribution >= 0.6 is 11.3 Å². The molecule has 5 aromatic rings. The smallest absolute Gasteiger partial charge is 0.162 e. The molecule has 1 aliphatic carbocycles. The Bertz CT molecular complexity index is 1940. The molecule has 2 heterocycles. The predicted molar refractivity (Wildman–Crippen MR) is 203 cm³/mol. The number of ketones is 1. The maximum Gasteiger partial charge on any atom is 0.162 e. The van der Waals surface area contributed by atoms with Crippen molar-refractivity contribution in [2.24, 2.45) is 11.8 Å². The van der Waals surface area contributed by atoms with Crippen LogP contribution in [0.2, 0.25) is 0 Å². The second-order valence-corrected chi connectivity index (χ2v) is 15.7. The van der Waals surface area contributed by atoms with Crippen LogP contribution < -0.4 is 0 Å². The normalized spacial score (nSPS) is 15.4. The van der Waals surface area contributed by atoms with E-state index in [1.807, 2.05) is 45.2 Å². The fraction of sp³-hybridized carbons (Fsp3) is 0.442. The molecule has 0 saturated heterocycles. The second kappa shape index (κ2) is 15.4. The molecule has 0 aliphatic heterocycles. The Morgan fingerprint density at radius 3 is 2.19 bits per heavy atom. The van der Waals surface area contributed by atoms with E-state index in [1.165, 1.54) is 61.0 Å². The molecule has 0 amide bonds. The summed E-state index contributed by atoms with van der Waals surface area (Å²) in [6, 6.07) is 21.0. The molecule has 0 atom stereocenters. The van der Waals surface area contributed by atoms with Crippen molar-refractivity contribution in [1.82, 2.24) is 4.98 Å². The monoisotopic (exact) mass is 839 g/mol. The van der Waals surface area contributed by atoms with E-state index in [9.17, 15) is 9.90 Å². The summed E-state index contributed by atoms with van der Waals surface area (Å²) in [6.07, 6.45) is 9.34. The van der Waals surface area contributed by atoms with Crippen molar-refractivity contribution in [3.8, 4) is 11.3 Å². The van der Waals surface area contributed by atoms with Crippen LogP contribution in [-0.4, -0.2) is 15.9 Å². The number of thiophene rings is 1.